The molecule has 2 N–H and O–H groups in total. The molecule has 0 amide bonds. The fraction of sp³-hybridized carbons (Fsp3) is 0.409. The van der Waals surface area contributed by atoms with Gasteiger partial charge in [0.15, 0.2) is 5.96 Å². The minimum atomic E-state index is -0.612. The number of aliphatic imine (C=N–C) groups is 1. The van der Waals surface area contributed by atoms with Crippen molar-refractivity contribution in [1.82, 2.24) is 10.2 Å². The van der Waals surface area contributed by atoms with Gasteiger partial charge in [-0.15, -0.1) is 0 Å². The van der Waals surface area contributed by atoms with Crippen LogP contribution in [0, 0.1) is 0 Å². The molecular weight excluding hydrogens is 338 g/mol. The topological polar surface area (TPSA) is 57.1 Å². The Hall–Kier alpha value is -2.37. The number of aliphatic hydroxyl groups excluding tert-OH is 1. The predicted octanol–water partition coefficient (Wildman–Crippen LogP) is 2.59. The van der Waals surface area contributed by atoms with Crippen molar-refractivity contribution in [2.24, 2.45) is 4.99 Å². The summed E-state index contributed by atoms with van der Waals surface area (Å²) in [7, 11) is 0. The van der Waals surface area contributed by atoms with Gasteiger partial charge in [-0.2, -0.15) is 0 Å². The lowest BCUT2D eigenvalue weighted by atomic mass is 10.0. The summed E-state index contributed by atoms with van der Waals surface area (Å²) in [5, 5.41) is 13.6. The number of nitrogens with zero attached hydrogens (tertiary/aromatic N) is 2. The van der Waals surface area contributed by atoms with Crippen LogP contribution in [0.2, 0.25) is 0 Å². The normalized spacial score (nSPS) is 15.3. The Kier molecular flexibility index (Phi) is 7.25. The van der Waals surface area contributed by atoms with Gasteiger partial charge in [0, 0.05) is 19.6 Å². The lowest BCUT2D eigenvalue weighted by molar-refractivity contribution is 0.0330. The number of hydrogen-bond donors (Lipinski definition) is 2. The van der Waals surface area contributed by atoms with Crippen LogP contribution < -0.4 is 5.32 Å². The first-order valence-electron chi connectivity index (χ1n) is 9.66. The van der Waals surface area contributed by atoms with Gasteiger partial charge in [0.05, 0.1) is 25.9 Å². The van der Waals surface area contributed by atoms with Gasteiger partial charge in [-0.25, -0.2) is 0 Å². The van der Waals surface area contributed by atoms with E-state index in [-0.39, 0.29) is 6.61 Å². The van der Waals surface area contributed by atoms with Crippen molar-refractivity contribution >= 4 is 5.96 Å². The molecule has 3 rings (SSSR count). The molecule has 0 aromatic heterocycles. The minimum Gasteiger partial charge on any atom is -0.389 e. The van der Waals surface area contributed by atoms with Crippen LogP contribution in [0.5, 0.6) is 0 Å². The highest BCUT2D eigenvalue weighted by Gasteiger charge is 2.18. The van der Waals surface area contributed by atoms with Crippen LogP contribution in [0.1, 0.15) is 23.6 Å². The molecule has 1 unspecified atom stereocenters. The Balaban J connectivity index is 1.51. The third-order valence-electron chi connectivity index (χ3n) is 4.64. The Labute approximate surface area is 161 Å². The summed E-state index contributed by atoms with van der Waals surface area (Å²) in [6.45, 7) is 5.76. The second-order valence-electron chi connectivity index (χ2n) is 6.79. The van der Waals surface area contributed by atoms with Crippen molar-refractivity contribution in [1.29, 1.82) is 0 Å². The summed E-state index contributed by atoms with van der Waals surface area (Å²) >= 11 is 0. The molecule has 2 aromatic rings. The molecule has 27 heavy (non-hydrogen) atoms. The van der Waals surface area contributed by atoms with Crippen LogP contribution in [0.3, 0.4) is 0 Å². The average Bonchev–Trinajstić information content (AvgIpc) is 2.71. The number of nitrogens with one attached hydrogen (secondary N) is 1. The number of hydrogen-bond acceptors (Lipinski definition) is 3. The van der Waals surface area contributed by atoms with Crippen molar-refractivity contribution < 1.29 is 9.84 Å². The zero-order valence-electron chi connectivity index (χ0n) is 16.0. The lowest BCUT2D eigenvalue weighted by Crippen LogP contribution is -2.44. The van der Waals surface area contributed by atoms with E-state index in [0.717, 1.165) is 37.6 Å². The molecular formula is C22H29N3O2. The Morgan fingerprint density at radius 1 is 1.15 bits per heavy atom. The highest BCUT2D eigenvalue weighted by Crippen LogP contribution is 2.18. The molecule has 1 aliphatic heterocycles. The standard InChI is InChI=1S/C22H29N3O2/c1-2-23-22(25-13-12-19-10-6-7-11-20(19)15-25)24-14-21(26)17-27-16-18-8-4-3-5-9-18/h3-11,21,26H,2,12-17H2,1H3,(H,23,24). The molecule has 5 heteroatoms. The van der Waals surface area contributed by atoms with Gasteiger partial charge >= 0.3 is 0 Å². The summed E-state index contributed by atoms with van der Waals surface area (Å²) in [6, 6.07) is 18.5. The van der Waals surface area contributed by atoms with E-state index >= 15 is 0 Å². The van der Waals surface area contributed by atoms with Crippen molar-refractivity contribution in [2.45, 2.75) is 32.6 Å². The van der Waals surface area contributed by atoms with E-state index in [4.69, 9.17) is 4.74 Å². The van der Waals surface area contributed by atoms with Crippen molar-refractivity contribution in [3.63, 3.8) is 0 Å². The number of fused-ring (bicyclic) bond motifs is 1. The van der Waals surface area contributed by atoms with Gasteiger partial charge in [-0.3, -0.25) is 4.99 Å². The second-order valence-corrected chi connectivity index (χ2v) is 6.79. The van der Waals surface area contributed by atoms with Gasteiger partial charge in [-0.05, 0) is 30.0 Å². The maximum absolute atomic E-state index is 10.2. The Morgan fingerprint density at radius 3 is 2.67 bits per heavy atom. The van der Waals surface area contributed by atoms with E-state index in [1.807, 2.05) is 30.3 Å². The van der Waals surface area contributed by atoms with Gasteiger partial charge in [0.25, 0.3) is 0 Å². The summed E-state index contributed by atoms with van der Waals surface area (Å²) in [5.74, 6) is 0.856. The smallest absolute Gasteiger partial charge is 0.194 e. The molecule has 0 spiro atoms. The molecule has 1 heterocycles. The van der Waals surface area contributed by atoms with Gasteiger partial charge in [0.2, 0.25) is 0 Å². The lowest BCUT2D eigenvalue weighted by Gasteiger charge is -2.31. The largest absolute Gasteiger partial charge is 0.389 e. The van der Waals surface area contributed by atoms with E-state index in [1.165, 1.54) is 11.1 Å². The van der Waals surface area contributed by atoms with Gasteiger partial charge in [-0.1, -0.05) is 54.6 Å². The van der Waals surface area contributed by atoms with Crippen LogP contribution in [0.25, 0.3) is 0 Å². The van der Waals surface area contributed by atoms with Crippen LogP contribution in [-0.4, -0.2) is 48.3 Å². The molecule has 0 saturated heterocycles. The maximum atomic E-state index is 10.2. The summed E-state index contributed by atoms with van der Waals surface area (Å²) in [5.41, 5.74) is 3.87. The SMILES string of the molecule is CCNC(=NCC(O)COCc1ccccc1)N1CCc2ccccc2C1. The summed E-state index contributed by atoms with van der Waals surface area (Å²) in [6.07, 6.45) is 0.406. The van der Waals surface area contributed by atoms with E-state index in [9.17, 15) is 5.11 Å². The molecule has 0 radical (unpaired) electrons. The van der Waals surface area contributed by atoms with Crippen LogP contribution in [-0.2, 0) is 24.3 Å². The van der Waals surface area contributed by atoms with Crippen molar-refractivity contribution in [2.75, 3.05) is 26.2 Å². The zero-order valence-corrected chi connectivity index (χ0v) is 16.0. The molecule has 0 bridgehead atoms. The summed E-state index contributed by atoms with van der Waals surface area (Å²) < 4.78 is 5.61. The number of benzene rings is 2. The monoisotopic (exact) mass is 367 g/mol. The average molecular weight is 367 g/mol. The Bertz CT molecular complexity index is 733. The van der Waals surface area contributed by atoms with Gasteiger partial charge < -0.3 is 20.1 Å². The predicted molar refractivity (Wildman–Crippen MR) is 109 cm³/mol. The van der Waals surface area contributed by atoms with E-state index < -0.39 is 6.10 Å². The highest BCUT2D eigenvalue weighted by molar-refractivity contribution is 5.80. The molecule has 0 aliphatic carbocycles. The van der Waals surface area contributed by atoms with E-state index in [0.29, 0.717) is 13.2 Å². The number of aliphatic hydroxyl groups is 1. The van der Waals surface area contributed by atoms with Crippen LogP contribution in [0.4, 0.5) is 0 Å². The van der Waals surface area contributed by atoms with E-state index in [1.54, 1.807) is 0 Å². The van der Waals surface area contributed by atoms with Crippen molar-refractivity contribution in [3.05, 3.63) is 71.3 Å². The third-order valence-corrected chi connectivity index (χ3v) is 4.64. The first kappa shape index (κ1) is 19.4. The fourth-order valence-electron chi connectivity index (χ4n) is 3.23. The maximum Gasteiger partial charge on any atom is 0.194 e. The number of guanidine groups is 1. The molecule has 144 valence electrons. The minimum absolute atomic E-state index is 0.278. The quantitative estimate of drug-likeness (QED) is 0.583. The number of rotatable bonds is 7. The highest BCUT2D eigenvalue weighted by atomic mass is 16.5. The molecule has 5 nitrogen and oxygen atoms in total. The molecule has 0 fully saturated rings. The number of ether oxygens (including phenoxy) is 1. The van der Waals surface area contributed by atoms with Crippen LogP contribution in [0.15, 0.2) is 59.6 Å². The molecule has 1 aliphatic rings. The third kappa shape index (κ3) is 5.81. The zero-order chi connectivity index (χ0) is 18.9. The van der Waals surface area contributed by atoms with E-state index in [2.05, 4.69) is 46.4 Å². The summed E-state index contributed by atoms with van der Waals surface area (Å²) in [4.78, 5) is 6.89. The van der Waals surface area contributed by atoms with Crippen LogP contribution >= 0.6 is 0 Å². The first-order valence-corrected chi connectivity index (χ1v) is 9.66. The first-order chi connectivity index (χ1) is 13.3. The van der Waals surface area contributed by atoms with Gasteiger partial charge in [0.1, 0.15) is 0 Å². The Morgan fingerprint density at radius 2 is 1.89 bits per heavy atom. The second kappa shape index (κ2) is 10.1. The fourth-order valence-corrected chi connectivity index (χ4v) is 3.23. The van der Waals surface area contributed by atoms with Crippen molar-refractivity contribution in [3.8, 4) is 0 Å². The molecule has 1 atom stereocenters. The molecule has 0 saturated carbocycles. The molecule has 2 aromatic carbocycles.